The number of rotatable bonds is 2. The lowest BCUT2D eigenvalue weighted by atomic mass is 9.83. The summed E-state index contributed by atoms with van der Waals surface area (Å²) in [5, 5.41) is 13.0. The monoisotopic (exact) mass is 273 g/mol. The number of nitrogens with one attached hydrogen (secondary N) is 1. The van der Waals surface area contributed by atoms with Crippen LogP contribution in [-0.2, 0) is 17.6 Å². The van der Waals surface area contributed by atoms with Crippen LogP contribution in [0.1, 0.15) is 43.2 Å². The van der Waals surface area contributed by atoms with Gasteiger partial charge in [0.25, 0.3) is 0 Å². The van der Waals surface area contributed by atoms with Gasteiger partial charge in [-0.05, 0) is 43.2 Å². The molecular weight excluding hydrogens is 250 g/mol. The first-order valence-electron chi connectivity index (χ1n) is 7.79. The van der Waals surface area contributed by atoms with Crippen LogP contribution in [0.3, 0.4) is 0 Å². The Kier molecular flexibility index (Phi) is 4.06. The summed E-state index contributed by atoms with van der Waals surface area (Å²) in [7, 11) is 0. The molecule has 20 heavy (non-hydrogen) atoms. The highest BCUT2D eigenvalue weighted by molar-refractivity contribution is 5.79. The van der Waals surface area contributed by atoms with E-state index in [1.165, 1.54) is 11.1 Å². The molecule has 1 fully saturated rings. The Hall–Kier alpha value is -1.35. The molecule has 3 unspecified atom stereocenters. The number of hydrogen-bond donors (Lipinski definition) is 2. The number of carbonyl (C=O) groups excluding carboxylic acids is 1. The molecule has 0 heterocycles. The average Bonchev–Trinajstić information content (AvgIpc) is 2.49. The van der Waals surface area contributed by atoms with E-state index in [1.807, 2.05) is 6.07 Å². The number of aryl methyl sites for hydroxylation is 1. The van der Waals surface area contributed by atoms with Crippen molar-refractivity contribution in [3.8, 4) is 0 Å². The highest BCUT2D eigenvalue weighted by atomic mass is 16.3. The number of fused-ring (bicyclic) bond motifs is 1. The van der Waals surface area contributed by atoms with Crippen molar-refractivity contribution in [3.63, 3.8) is 0 Å². The summed E-state index contributed by atoms with van der Waals surface area (Å²) in [6.07, 6.45) is 6.30. The molecular formula is C17H23NO2. The lowest BCUT2D eigenvalue weighted by Gasteiger charge is -2.31. The summed E-state index contributed by atoms with van der Waals surface area (Å²) in [5.74, 6) is 0.199. The standard InChI is InChI=1S/C17H23NO2/c19-16-8-4-3-7-15(16)18-17(20)14-10-9-12-5-1-2-6-13(12)11-14/h1-2,5-6,14-16,19H,3-4,7-11H2,(H,18,20). The molecule has 0 radical (unpaired) electrons. The van der Waals surface area contributed by atoms with Crippen LogP contribution in [0.15, 0.2) is 24.3 Å². The molecule has 1 amide bonds. The lowest BCUT2D eigenvalue weighted by Crippen LogP contribution is -2.47. The van der Waals surface area contributed by atoms with E-state index in [4.69, 9.17) is 0 Å². The minimum absolute atomic E-state index is 0.0339. The van der Waals surface area contributed by atoms with Crippen LogP contribution >= 0.6 is 0 Å². The van der Waals surface area contributed by atoms with E-state index in [1.54, 1.807) is 0 Å². The van der Waals surface area contributed by atoms with Gasteiger partial charge in [0, 0.05) is 5.92 Å². The van der Waals surface area contributed by atoms with Crippen molar-refractivity contribution >= 4 is 5.91 Å². The molecule has 3 heteroatoms. The van der Waals surface area contributed by atoms with Crippen molar-refractivity contribution in [3.05, 3.63) is 35.4 Å². The van der Waals surface area contributed by atoms with E-state index in [0.717, 1.165) is 44.9 Å². The van der Waals surface area contributed by atoms with Crippen LogP contribution in [-0.4, -0.2) is 23.2 Å². The minimum atomic E-state index is -0.358. The predicted octanol–water partition coefficient (Wildman–Crippen LogP) is 2.21. The zero-order valence-corrected chi connectivity index (χ0v) is 11.8. The van der Waals surface area contributed by atoms with Gasteiger partial charge in [-0.25, -0.2) is 0 Å². The summed E-state index contributed by atoms with van der Waals surface area (Å²) < 4.78 is 0. The van der Waals surface area contributed by atoms with Crippen LogP contribution in [0.25, 0.3) is 0 Å². The molecule has 108 valence electrons. The van der Waals surface area contributed by atoms with Gasteiger partial charge in [0.2, 0.25) is 5.91 Å². The molecule has 0 aliphatic heterocycles. The number of hydrogen-bond acceptors (Lipinski definition) is 2. The largest absolute Gasteiger partial charge is 0.391 e. The van der Waals surface area contributed by atoms with E-state index in [-0.39, 0.29) is 24.0 Å². The smallest absolute Gasteiger partial charge is 0.223 e. The zero-order chi connectivity index (χ0) is 13.9. The summed E-state index contributed by atoms with van der Waals surface area (Å²) in [6, 6.07) is 8.37. The molecule has 0 spiro atoms. The molecule has 1 saturated carbocycles. The van der Waals surface area contributed by atoms with E-state index in [0.29, 0.717) is 0 Å². The fourth-order valence-corrected chi connectivity index (χ4v) is 3.50. The molecule has 0 bridgehead atoms. The Morgan fingerprint density at radius 1 is 1.10 bits per heavy atom. The Morgan fingerprint density at radius 3 is 2.65 bits per heavy atom. The van der Waals surface area contributed by atoms with Gasteiger partial charge in [0.05, 0.1) is 12.1 Å². The maximum Gasteiger partial charge on any atom is 0.223 e. The van der Waals surface area contributed by atoms with E-state index in [9.17, 15) is 9.90 Å². The van der Waals surface area contributed by atoms with Gasteiger partial charge < -0.3 is 10.4 Å². The number of carbonyl (C=O) groups is 1. The van der Waals surface area contributed by atoms with E-state index >= 15 is 0 Å². The van der Waals surface area contributed by atoms with Gasteiger partial charge in [0.1, 0.15) is 0 Å². The summed E-state index contributed by atoms with van der Waals surface area (Å²) in [5.41, 5.74) is 2.69. The first-order valence-corrected chi connectivity index (χ1v) is 7.79. The van der Waals surface area contributed by atoms with Gasteiger partial charge in [-0.15, -0.1) is 0 Å². The first-order chi connectivity index (χ1) is 9.74. The Labute approximate surface area is 120 Å². The third-order valence-electron chi connectivity index (χ3n) is 4.77. The van der Waals surface area contributed by atoms with Crippen molar-refractivity contribution in [2.45, 2.75) is 57.1 Å². The molecule has 2 aliphatic rings. The number of benzene rings is 1. The van der Waals surface area contributed by atoms with Crippen LogP contribution in [0, 0.1) is 5.92 Å². The molecule has 3 atom stereocenters. The Balaban J connectivity index is 1.61. The fraction of sp³-hybridized carbons (Fsp3) is 0.588. The second-order valence-corrected chi connectivity index (χ2v) is 6.18. The van der Waals surface area contributed by atoms with Crippen LogP contribution in [0.2, 0.25) is 0 Å². The van der Waals surface area contributed by atoms with Crippen molar-refractivity contribution < 1.29 is 9.90 Å². The van der Waals surface area contributed by atoms with Crippen molar-refractivity contribution in [2.24, 2.45) is 5.92 Å². The SMILES string of the molecule is O=C(NC1CCCCC1O)C1CCc2ccccc2C1. The van der Waals surface area contributed by atoms with Gasteiger partial charge in [-0.3, -0.25) is 4.79 Å². The highest BCUT2D eigenvalue weighted by Crippen LogP contribution is 2.26. The van der Waals surface area contributed by atoms with Crippen molar-refractivity contribution in [2.75, 3.05) is 0 Å². The predicted molar refractivity (Wildman–Crippen MR) is 78.4 cm³/mol. The molecule has 2 N–H and O–H groups in total. The summed E-state index contributed by atoms with van der Waals surface area (Å²) in [6.45, 7) is 0. The van der Waals surface area contributed by atoms with Gasteiger partial charge >= 0.3 is 0 Å². The van der Waals surface area contributed by atoms with Gasteiger partial charge in [-0.2, -0.15) is 0 Å². The topological polar surface area (TPSA) is 49.3 Å². The highest BCUT2D eigenvalue weighted by Gasteiger charge is 2.29. The number of aliphatic hydroxyl groups excluding tert-OH is 1. The third kappa shape index (κ3) is 2.88. The minimum Gasteiger partial charge on any atom is -0.391 e. The molecule has 1 aromatic carbocycles. The molecule has 1 aromatic rings. The van der Waals surface area contributed by atoms with E-state index in [2.05, 4.69) is 23.5 Å². The molecule has 3 rings (SSSR count). The zero-order valence-electron chi connectivity index (χ0n) is 11.8. The average molecular weight is 273 g/mol. The van der Waals surface area contributed by atoms with Crippen LogP contribution in [0.4, 0.5) is 0 Å². The van der Waals surface area contributed by atoms with E-state index < -0.39 is 0 Å². The Bertz CT molecular complexity index is 486. The number of aliphatic hydroxyl groups is 1. The van der Waals surface area contributed by atoms with Gasteiger partial charge in [0.15, 0.2) is 0 Å². The van der Waals surface area contributed by atoms with Crippen LogP contribution < -0.4 is 5.32 Å². The van der Waals surface area contributed by atoms with Crippen molar-refractivity contribution in [1.29, 1.82) is 0 Å². The molecule has 2 aliphatic carbocycles. The second kappa shape index (κ2) is 5.96. The fourth-order valence-electron chi connectivity index (χ4n) is 3.50. The van der Waals surface area contributed by atoms with Crippen LogP contribution in [0.5, 0.6) is 0 Å². The third-order valence-corrected chi connectivity index (χ3v) is 4.77. The maximum atomic E-state index is 12.4. The number of amides is 1. The molecule has 0 saturated heterocycles. The molecule has 3 nitrogen and oxygen atoms in total. The summed E-state index contributed by atoms with van der Waals surface area (Å²) >= 11 is 0. The first kappa shape index (κ1) is 13.6. The lowest BCUT2D eigenvalue weighted by molar-refractivity contribution is -0.127. The molecule has 0 aromatic heterocycles. The maximum absolute atomic E-state index is 12.4. The van der Waals surface area contributed by atoms with Crippen molar-refractivity contribution in [1.82, 2.24) is 5.32 Å². The second-order valence-electron chi connectivity index (χ2n) is 6.18. The van der Waals surface area contributed by atoms with Gasteiger partial charge in [-0.1, -0.05) is 37.1 Å². The normalized spacial score (nSPS) is 29.6. The Morgan fingerprint density at radius 2 is 1.85 bits per heavy atom. The summed E-state index contributed by atoms with van der Waals surface area (Å²) in [4.78, 5) is 12.4. The quantitative estimate of drug-likeness (QED) is 0.868.